The van der Waals surface area contributed by atoms with Crippen molar-refractivity contribution in [2.75, 3.05) is 0 Å². The first-order valence-corrected chi connectivity index (χ1v) is 6.65. The van der Waals surface area contributed by atoms with Gasteiger partial charge in [-0.2, -0.15) is 0 Å². The minimum absolute atomic E-state index is 0.379. The second-order valence-electron chi connectivity index (χ2n) is 4.94. The summed E-state index contributed by atoms with van der Waals surface area (Å²) in [5.41, 5.74) is 1.23. The number of aliphatic hydroxyl groups is 1. The highest BCUT2D eigenvalue weighted by Crippen LogP contribution is 2.34. The minimum atomic E-state index is -1.33. The molecule has 0 saturated heterocycles. The molecule has 0 aliphatic carbocycles. The molecule has 0 saturated carbocycles. The third-order valence-corrected chi connectivity index (χ3v) is 3.59. The van der Waals surface area contributed by atoms with Crippen molar-refractivity contribution in [1.29, 1.82) is 0 Å². The number of unbranched alkanes of at least 4 members (excludes halogenated alkanes) is 5. The number of esters is 1. The quantitative estimate of drug-likeness (QED) is 0.548. The SMILES string of the molecule is CCCCCCCCC1(O)OC(=O)C(C)=C1C. The molecular weight excluding hydrogens is 216 g/mol. The molecular formula is C14H24O3. The largest absolute Gasteiger partial charge is 0.426 e. The van der Waals surface area contributed by atoms with Gasteiger partial charge in [0.2, 0.25) is 5.79 Å². The van der Waals surface area contributed by atoms with Gasteiger partial charge in [0, 0.05) is 17.6 Å². The molecule has 1 aliphatic heterocycles. The van der Waals surface area contributed by atoms with Crippen LogP contribution in [0.15, 0.2) is 11.1 Å². The summed E-state index contributed by atoms with van der Waals surface area (Å²) in [6.07, 6.45) is 7.47. The second-order valence-corrected chi connectivity index (χ2v) is 4.94. The second kappa shape index (κ2) is 6.20. The van der Waals surface area contributed by atoms with E-state index in [1.165, 1.54) is 25.7 Å². The van der Waals surface area contributed by atoms with Crippen molar-refractivity contribution >= 4 is 5.97 Å². The van der Waals surface area contributed by atoms with E-state index in [1.807, 2.05) is 0 Å². The highest BCUT2D eigenvalue weighted by atomic mass is 16.7. The maximum Gasteiger partial charge on any atom is 0.336 e. The molecule has 17 heavy (non-hydrogen) atoms. The lowest BCUT2D eigenvalue weighted by Gasteiger charge is -2.23. The Kier molecular flexibility index (Phi) is 5.19. The van der Waals surface area contributed by atoms with E-state index in [4.69, 9.17) is 4.74 Å². The van der Waals surface area contributed by atoms with Gasteiger partial charge in [-0.1, -0.05) is 39.0 Å². The number of hydrogen-bond donors (Lipinski definition) is 1. The molecule has 1 unspecified atom stereocenters. The van der Waals surface area contributed by atoms with Gasteiger partial charge in [-0.25, -0.2) is 4.79 Å². The van der Waals surface area contributed by atoms with Gasteiger partial charge < -0.3 is 9.84 Å². The zero-order valence-electron chi connectivity index (χ0n) is 11.2. The van der Waals surface area contributed by atoms with Crippen LogP contribution in [0.4, 0.5) is 0 Å². The van der Waals surface area contributed by atoms with Crippen LogP contribution in [0.3, 0.4) is 0 Å². The molecule has 1 atom stereocenters. The number of ether oxygens (including phenoxy) is 1. The van der Waals surface area contributed by atoms with E-state index < -0.39 is 5.79 Å². The van der Waals surface area contributed by atoms with Crippen LogP contribution in [0, 0.1) is 0 Å². The van der Waals surface area contributed by atoms with Crippen LogP contribution in [0.5, 0.6) is 0 Å². The number of carbonyl (C=O) groups is 1. The molecule has 0 spiro atoms. The summed E-state index contributed by atoms with van der Waals surface area (Å²) >= 11 is 0. The summed E-state index contributed by atoms with van der Waals surface area (Å²) in [5.74, 6) is -1.71. The molecule has 3 heteroatoms. The van der Waals surface area contributed by atoms with E-state index in [9.17, 15) is 9.90 Å². The molecule has 0 amide bonds. The van der Waals surface area contributed by atoms with Crippen LogP contribution in [0.2, 0.25) is 0 Å². The maximum absolute atomic E-state index is 11.3. The predicted molar refractivity (Wildman–Crippen MR) is 67.4 cm³/mol. The summed E-state index contributed by atoms with van der Waals surface area (Å²) in [7, 11) is 0. The fourth-order valence-electron chi connectivity index (χ4n) is 2.14. The molecule has 0 radical (unpaired) electrons. The fraction of sp³-hybridized carbons (Fsp3) is 0.786. The Labute approximate surface area is 104 Å². The van der Waals surface area contributed by atoms with Crippen LogP contribution in [0.1, 0.15) is 65.7 Å². The lowest BCUT2D eigenvalue weighted by Crippen LogP contribution is -2.30. The summed E-state index contributed by atoms with van der Waals surface area (Å²) < 4.78 is 5.04. The zero-order chi connectivity index (χ0) is 12.9. The summed E-state index contributed by atoms with van der Waals surface area (Å²) in [4.78, 5) is 11.3. The first-order valence-electron chi connectivity index (χ1n) is 6.65. The van der Waals surface area contributed by atoms with E-state index in [0.717, 1.165) is 12.8 Å². The zero-order valence-corrected chi connectivity index (χ0v) is 11.2. The van der Waals surface area contributed by atoms with Crippen molar-refractivity contribution in [1.82, 2.24) is 0 Å². The molecule has 1 aliphatic rings. The van der Waals surface area contributed by atoms with Gasteiger partial charge in [-0.05, 0) is 20.3 Å². The third kappa shape index (κ3) is 3.56. The van der Waals surface area contributed by atoms with Gasteiger partial charge >= 0.3 is 5.97 Å². The average molecular weight is 240 g/mol. The Morgan fingerprint density at radius 1 is 1.12 bits per heavy atom. The lowest BCUT2D eigenvalue weighted by molar-refractivity contribution is -0.183. The molecule has 1 heterocycles. The smallest absolute Gasteiger partial charge is 0.336 e. The van der Waals surface area contributed by atoms with E-state index in [0.29, 0.717) is 17.6 Å². The molecule has 98 valence electrons. The first-order chi connectivity index (χ1) is 8.01. The Balaban J connectivity index is 2.30. The minimum Gasteiger partial charge on any atom is -0.426 e. The van der Waals surface area contributed by atoms with E-state index in [1.54, 1.807) is 13.8 Å². The van der Waals surface area contributed by atoms with Crippen molar-refractivity contribution in [3.63, 3.8) is 0 Å². The number of carbonyl (C=O) groups excluding carboxylic acids is 1. The van der Waals surface area contributed by atoms with Crippen LogP contribution in [0.25, 0.3) is 0 Å². The standard InChI is InChI=1S/C14H24O3/c1-4-5-6-7-8-9-10-14(16)12(3)11(2)13(15)17-14/h16H,4-10H2,1-3H3. The highest BCUT2D eigenvalue weighted by Gasteiger charge is 2.41. The van der Waals surface area contributed by atoms with E-state index in [-0.39, 0.29) is 5.97 Å². The monoisotopic (exact) mass is 240 g/mol. The molecule has 0 aromatic heterocycles. The molecule has 0 fully saturated rings. The normalized spacial score (nSPS) is 24.4. The van der Waals surface area contributed by atoms with Gasteiger partial charge in [0.05, 0.1) is 0 Å². The van der Waals surface area contributed by atoms with Crippen LogP contribution in [-0.4, -0.2) is 16.9 Å². The summed E-state index contributed by atoms with van der Waals surface area (Å²) in [6, 6.07) is 0. The number of rotatable bonds is 7. The van der Waals surface area contributed by atoms with Crippen molar-refractivity contribution < 1.29 is 14.6 Å². The Morgan fingerprint density at radius 3 is 2.24 bits per heavy atom. The number of hydrogen-bond acceptors (Lipinski definition) is 3. The molecule has 0 aromatic carbocycles. The molecule has 0 bridgehead atoms. The van der Waals surface area contributed by atoms with Crippen molar-refractivity contribution in [3.8, 4) is 0 Å². The van der Waals surface area contributed by atoms with Gasteiger partial charge in [-0.15, -0.1) is 0 Å². The van der Waals surface area contributed by atoms with E-state index >= 15 is 0 Å². The van der Waals surface area contributed by atoms with Gasteiger partial charge in [0.25, 0.3) is 0 Å². The van der Waals surface area contributed by atoms with Crippen LogP contribution < -0.4 is 0 Å². The van der Waals surface area contributed by atoms with Crippen LogP contribution in [-0.2, 0) is 9.53 Å². The highest BCUT2D eigenvalue weighted by molar-refractivity contribution is 5.91. The van der Waals surface area contributed by atoms with Gasteiger partial charge in [-0.3, -0.25) is 0 Å². The molecule has 0 aromatic rings. The van der Waals surface area contributed by atoms with Crippen LogP contribution >= 0.6 is 0 Å². The molecule has 1 rings (SSSR count). The van der Waals surface area contributed by atoms with Gasteiger partial charge in [0.15, 0.2) is 0 Å². The first kappa shape index (κ1) is 14.2. The Bertz CT molecular complexity index is 307. The average Bonchev–Trinajstić information content (AvgIpc) is 2.48. The number of cyclic esters (lactones) is 1. The summed E-state index contributed by atoms with van der Waals surface area (Å²) in [6.45, 7) is 5.67. The predicted octanol–water partition coefficient (Wildman–Crippen LogP) is 3.32. The maximum atomic E-state index is 11.3. The fourth-order valence-corrected chi connectivity index (χ4v) is 2.14. The Hall–Kier alpha value is -0.830. The lowest BCUT2D eigenvalue weighted by atomic mass is 9.98. The van der Waals surface area contributed by atoms with Crippen molar-refractivity contribution in [2.45, 2.75) is 71.5 Å². The topological polar surface area (TPSA) is 46.5 Å². The van der Waals surface area contributed by atoms with Gasteiger partial charge in [0.1, 0.15) is 0 Å². The molecule has 1 N–H and O–H groups in total. The van der Waals surface area contributed by atoms with E-state index in [2.05, 4.69) is 6.92 Å². The van der Waals surface area contributed by atoms with Crippen molar-refractivity contribution in [2.24, 2.45) is 0 Å². The third-order valence-electron chi connectivity index (χ3n) is 3.59. The van der Waals surface area contributed by atoms with Crippen molar-refractivity contribution in [3.05, 3.63) is 11.1 Å². The summed E-state index contributed by atoms with van der Waals surface area (Å²) in [5, 5.41) is 10.2. The molecule has 3 nitrogen and oxygen atoms in total. The Morgan fingerprint density at radius 2 is 1.71 bits per heavy atom.